The highest BCUT2D eigenvalue weighted by molar-refractivity contribution is 6.34. The molecule has 1 N–H and O–H groups in total. The predicted octanol–water partition coefficient (Wildman–Crippen LogP) is 3.22. The number of aromatic hydroxyl groups is 1. The fourth-order valence-corrected chi connectivity index (χ4v) is 1.75. The molecule has 1 aromatic heterocycles. The fourth-order valence-electron chi connectivity index (χ4n) is 1.51. The van der Waals surface area contributed by atoms with Crippen LogP contribution in [0.5, 0.6) is 5.75 Å². The molecule has 0 bridgehead atoms. The van der Waals surface area contributed by atoms with Crippen LogP contribution in [-0.2, 0) is 0 Å². The lowest BCUT2D eigenvalue weighted by molar-refractivity contribution is 0.476. The molecule has 5 heteroatoms. The van der Waals surface area contributed by atoms with Gasteiger partial charge in [-0.05, 0) is 18.9 Å². The van der Waals surface area contributed by atoms with Gasteiger partial charge in [-0.15, -0.1) is 0 Å². The second kappa shape index (κ2) is 4.98. The van der Waals surface area contributed by atoms with Gasteiger partial charge in [0.1, 0.15) is 10.9 Å². The monoisotopic (exact) mass is 259 g/mol. The van der Waals surface area contributed by atoms with Crippen molar-refractivity contribution in [1.82, 2.24) is 9.97 Å². The van der Waals surface area contributed by atoms with E-state index in [0.29, 0.717) is 27.5 Å². The van der Waals surface area contributed by atoms with E-state index in [-0.39, 0.29) is 5.75 Å². The van der Waals surface area contributed by atoms with Gasteiger partial charge in [-0.25, -0.2) is 9.97 Å². The van der Waals surface area contributed by atoms with Gasteiger partial charge < -0.3 is 5.11 Å². The highest BCUT2D eigenvalue weighted by atomic mass is 35.5. The maximum absolute atomic E-state index is 9.44. The first-order chi connectivity index (χ1) is 8.65. The summed E-state index contributed by atoms with van der Waals surface area (Å²) >= 11 is 6.08. The van der Waals surface area contributed by atoms with E-state index in [4.69, 9.17) is 11.6 Å². The Kier molecular flexibility index (Phi) is 3.39. The molecule has 2 aromatic rings. The lowest BCUT2D eigenvalue weighted by atomic mass is 10.2. The summed E-state index contributed by atoms with van der Waals surface area (Å²) in [6, 6.07) is 4.72. The number of aliphatic imine (C=N–C) groups is 1. The summed E-state index contributed by atoms with van der Waals surface area (Å²) in [6.07, 6.45) is 3.06. The van der Waals surface area contributed by atoms with Crippen LogP contribution in [0.25, 0.3) is 16.5 Å². The van der Waals surface area contributed by atoms with Crippen molar-refractivity contribution in [2.45, 2.75) is 0 Å². The maximum atomic E-state index is 9.44. The van der Waals surface area contributed by atoms with Crippen molar-refractivity contribution in [3.63, 3.8) is 0 Å². The van der Waals surface area contributed by atoms with Crippen LogP contribution in [0.2, 0.25) is 5.15 Å². The molecule has 4 nitrogen and oxygen atoms in total. The van der Waals surface area contributed by atoms with E-state index >= 15 is 0 Å². The van der Waals surface area contributed by atoms with Crippen molar-refractivity contribution in [1.29, 1.82) is 0 Å². The molecule has 0 aliphatic carbocycles. The summed E-state index contributed by atoms with van der Waals surface area (Å²) in [5, 5.41) is 10.4. The molecular weight excluding hydrogens is 250 g/mol. The summed E-state index contributed by atoms with van der Waals surface area (Å²) in [6.45, 7) is 7.02. The van der Waals surface area contributed by atoms with E-state index in [9.17, 15) is 5.11 Å². The third-order valence-corrected chi connectivity index (χ3v) is 2.63. The van der Waals surface area contributed by atoms with Crippen molar-refractivity contribution >= 4 is 34.8 Å². The topological polar surface area (TPSA) is 58.4 Å². The quantitative estimate of drug-likeness (QED) is 0.523. The number of rotatable bonds is 3. The van der Waals surface area contributed by atoms with Gasteiger partial charge in [-0.3, -0.25) is 4.99 Å². The molecule has 0 spiro atoms. The van der Waals surface area contributed by atoms with Crippen molar-refractivity contribution in [2.24, 2.45) is 4.99 Å². The molecule has 18 heavy (non-hydrogen) atoms. The number of fused-ring (bicyclic) bond motifs is 1. The largest absolute Gasteiger partial charge is 0.508 e. The van der Waals surface area contributed by atoms with Gasteiger partial charge in [0.2, 0.25) is 0 Å². The Morgan fingerprint density at radius 1 is 1.39 bits per heavy atom. The van der Waals surface area contributed by atoms with E-state index < -0.39 is 0 Å². The highest BCUT2D eigenvalue weighted by Gasteiger charge is 2.08. The fraction of sp³-hybridized carbons (Fsp3) is 0. The number of nitrogens with zero attached hydrogens (tertiary/aromatic N) is 3. The number of phenols is 1. The zero-order valence-electron chi connectivity index (χ0n) is 9.47. The van der Waals surface area contributed by atoms with Crippen LogP contribution in [0.1, 0.15) is 5.82 Å². The van der Waals surface area contributed by atoms with Gasteiger partial charge in [0.15, 0.2) is 5.82 Å². The van der Waals surface area contributed by atoms with Crippen LogP contribution < -0.4 is 0 Å². The van der Waals surface area contributed by atoms with E-state index in [1.807, 2.05) is 0 Å². The minimum absolute atomic E-state index is 0.120. The third kappa shape index (κ3) is 2.24. The number of halogens is 1. The number of benzene rings is 1. The Balaban J connectivity index is 2.71. The molecule has 0 aliphatic rings. The van der Waals surface area contributed by atoms with Crippen molar-refractivity contribution in [3.8, 4) is 5.75 Å². The minimum atomic E-state index is 0.120. The SMILES string of the molecule is C=C/C(=C\N=C)c1nc(Cl)c2ccc(O)cc2n1. The molecule has 1 aromatic carbocycles. The van der Waals surface area contributed by atoms with Crippen molar-refractivity contribution in [2.75, 3.05) is 0 Å². The lowest BCUT2D eigenvalue weighted by Gasteiger charge is -2.04. The van der Waals surface area contributed by atoms with Gasteiger partial charge in [0, 0.05) is 23.2 Å². The molecule has 0 saturated carbocycles. The van der Waals surface area contributed by atoms with Gasteiger partial charge in [-0.2, -0.15) is 0 Å². The molecule has 0 saturated heterocycles. The summed E-state index contributed by atoms with van der Waals surface area (Å²) in [4.78, 5) is 12.1. The van der Waals surface area contributed by atoms with Crippen LogP contribution >= 0.6 is 11.6 Å². The second-order valence-corrected chi connectivity index (χ2v) is 3.87. The molecule has 90 valence electrons. The summed E-state index contributed by atoms with van der Waals surface area (Å²) < 4.78 is 0. The predicted molar refractivity (Wildman–Crippen MR) is 73.9 cm³/mol. The van der Waals surface area contributed by atoms with Crippen LogP contribution in [0, 0.1) is 0 Å². The Bertz CT molecular complexity index is 665. The molecule has 2 rings (SSSR count). The molecule has 1 heterocycles. The number of hydrogen-bond donors (Lipinski definition) is 1. The number of hydrogen-bond acceptors (Lipinski definition) is 4. The first-order valence-electron chi connectivity index (χ1n) is 5.11. The molecule has 0 fully saturated rings. The summed E-state index contributed by atoms with van der Waals surface area (Å²) in [5.41, 5.74) is 1.17. The standard InChI is InChI=1S/C13H10ClN3O/c1-3-8(7-15-2)13-16-11-6-9(18)4-5-10(11)12(14)17-13/h3-7,18H,1-2H2/b8-7+. The highest BCUT2D eigenvalue weighted by Crippen LogP contribution is 2.25. The molecular formula is C13H10ClN3O. The number of allylic oxidation sites excluding steroid dienone is 2. The molecule has 0 atom stereocenters. The van der Waals surface area contributed by atoms with E-state index in [1.54, 1.807) is 12.1 Å². The van der Waals surface area contributed by atoms with Gasteiger partial charge in [-0.1, -0.05) is 24.3 Å². The van der Waals surface area contributed by atoms with Crippen LogP contribution in [0.3, 0.4) is 0 Å². The van der Waals surface area contributed by atoms with Gasteiger partial charge >= 0.3 is 0 Å². The van der Waals surface area contributed by atoms with E-state index in [1.165, 1.54) is 18.3 Å². The normalized spacial score (nSPS) is 11.5. The van der Waals surface area contributed by atoms with Gasteiger partial charge in [0.25, 0.3) is 0 Å². The average molecular weight is 260 g/mol. The Morgan fingerprint density at radius 3 is 2.83 bits per heavy atom. The molecule has 0 aliphatic heterocycles. The van der Waals surface area contributed by atoms with E-state index in [2.05, 4.69) is 28.3 Å². The van der Waals surface area contributed by atoms with E-state index in [0.717, 1.165) is 0 Å². The number of aromatic nitrogens is 2. The van der Waals surface area contributed by atoms with Crippen molar-refractivity contribution < 1.29 is 5.11 Å². The van der Waals surface area contributed by atoms with Crippen LogP contribution in [0.4, 0.5) is 0 Å². The molecule has 0 radical (unpaired) electrons. The maximum Gasteiger partial charge on any atom is 0.163 e. The van der Waals surface area contributed by atoms with Gasteiger partial charge in [0.05, 0.1) is 5.52 Å². The Hall–Kier alpha value is -2.20. The molecule has 0 unspecified atom stereocenters. The van der Waals surface area contributed by atoms with Crippen molar-refractivity contribution in [3.05, 3.63) is 48.0 Å². The summed E-state index contributed by atoms with van der Waals surface area (Å²) in [7, 11) is 0. The first kappa shape index (κ1) is 12.3. The Labute approximate surface area is 109 Å². The zero-order valence-corrected chi connectivity index (χ0v) is 10.2. The summed E-state index contributed by atoms with van der Waals surface area (Å²) in [5.74, 6) is 0.509. The smallest absolute Gasteiger partial charge is 0.163 e. The second-order valence-electron chi connectivity index (χ2n) is 3.51. The Morgan fingerprint density at radius 2 is 2.17 bits per heavy atom. The third-order valence-electron chi connectivity index (χ3n) is 2.34. The van der Waals surface area contributed by atoms with Crippen LogP contribution in [0.15, 0.2) is 42.0 Å². The minimum Gasteiger partial charge on any atom is -0.508 e. The first-order valence-corrected chi connectivity index (χ1v) is 5.48. The molecule has 0 amide bonds. The number of phenolic OH excluding ortho intramolecular Hbond substituents is 1. The average Bonchev–Trinajstić information content (AvgIpc) is 2.35. The van der Waals surface area contributed by atoms with Crippen LogP contribution in [-0.4, -0.2) is 21.8 Å². The lowest BCUT2D eigenvalue weighted by Crippen LogP contribution is -1.94. The zero-order chi connectivity index (χ0) is 13.1.